The summed E-state index contributed by atoms with van der Waals surface area (Å²) in [5, 5.41) is 23.2. The number of fused-ring (bicyclic) bond motifs is 7. The summed E-state index contributed by atoms with van der Waals surface area (Å²) in [5.74, 6) is 10.0. The zero-order chi connectivity index (χ0) is 101. The Bertz CT molecular complexity index is 7350. The summed E-state index contributed by atoms with van der Waals surface area (Å²) in [7, 11) is 0. The molecule has 11 aromatic heterocycles. The third-order valence-electron chi connectivity index (χ3n) is 25.7. The summed E-state index contributed by atoms with van der Waals surface area (Å²) in [5.41, 5.74) is 22.6. The smallest absolute Gasteiger partial charge is 0.321 e. The van der Waals surface area contributed by atoms with Gasteiger partial charge < -0.3 is 46.4 Å². The highest BCUT2D eigenvalue weighted by molar-refractivity contribution is 6.34. The molecule has 0 radical (unpaired) electrons. The van der Waals surface area contributed by atoms with E-state index in [-0.39, 0.29) is 6.01 Å². The van der Waals surface area contributed by atoms with Crippen molar-refractivity contribution in [2.75, 3.05) is 67.5 Å². The lowest BCUT2D eigenvalue weighted by molar-refractivity contribution is 0.251. The Morgan fingerprint density at radius 2 is 0.769 bits per heavy atom. The van der Waals surface area contributed by atoms with Crippen LogP contribution in [0.1, 0.15) is 167 Å². The van der Waals surface area contributed by atoms with Gasteiger partial charge in [-0.15, -0.1) is 0 Å². The van der Waals surface area contributed by atoms with Crippen LogP contribution in [0.5, 0.6) is 11.8 Å². The van der Waals surface area contributed by atoms with Gasteiger partial charge in [0.05, 0.1) is 96.0 Å². The number of amidine groups is 7. The van der Waals surface area contributed by atoms with Crippen LogP contribution in [0.3, 0.4) is 0 Å². The molecule has 9 aliphatic heterocycles. The number of hydrogen-bond donors (Lipinski definition) is 6. The number of halogens is 5. The lowest BCUT2D eigenvalue weighted by Crippen LogP contribution is -2.38. The number of pyridine rings is 7. The Kier molecular flexibility index (Phi) is 32.6. The van der Waals surface area contributed by atoms with E-state index in [1.165, 1.54) is 80.8 Å². The van der Waals surface area contributed by atoms with E-state index in [1.807, 2.05) is 153 Å². The highest BCUT2D eigenvalue weighted by atomic mass is 35.5. The van der Waals surface area contributed by atoms with Crippen LogP contribution in [0, 0.1) is 32.6 Å². The first-order valence-corrected chi connectivity index (χ1v) is 50.8. The molecule has 1 saturated carbocycles. The van der Waals surface area contributed by atoms with Crippen molar-refractivity contribution in [1.82, 2.24) is 80.1 Å². The van der Waals surface area contributed by atoms with E-state index in [4.69, 9.17) is 62.7 Å². The van der Waals surface area contributed by atoms with Crippen molar-refractivity contribution in [3.05, 3.63) is 378 Å². The van der Waals surface area contributed by atoms with Crippen molar-refractivity contribution in [3.8, 4) is 11.8 Å². The summed E-state index contributed by atoms with van der Waals surface area (Å²) < 4.78 is 5.68. The Hall–Kier alpha value is -15.6. The minimum Gasteiger partial charge on any atom is -0.423 e. The second-order valence-electron chi connectivity index (χ2n) is 36.3. The van der Waals surface area contributed by atoms with Gasteiger partial charge in [0, 0.05) is 167 Å². The highest BCUT2D eigenvalue weighted by Gasteiger charge is 2.32. The van der Waals surface area contributed by atoms with E-state index in [9.17, 15) is 0 Å². The second kappa shape index (κ2) is 47.9. The van der Waals surface area contributed by atoms with Crippen molar-refractivity contribution < 1.29 is 4.74 Å². The van der Waals surface area contributed by atoms with Gasteiger partial charge in [-0.2, -0.15) is 0 Å². The molecule has 0 spiro atoms. The Balaban J connectivity index is 0.000000109. The highest BCUT2D eigenvalue weighted by Crippen LogP contribution is 2.39. The molecule has 15 aromatic rings. The molecule has 2 saturated heterocycles. The van der Waals surface area contributed by atoms with E-state index in [2.05, 4.69) is 196 Å². The number of aryl methyl sites for hydroxylation is 3. The zero-order valence-electron chi connectivity index (χ0n) is 81.6. The van der Waals surface area contributed by atoms with Crippen molar-refractivity contribution in [2.24, 2.45) is 46.8 Å². The minimum absolute atomic E-state index is 0.216. The first kappa shape index (κ1) is 100. The molecule has 32 nitrogen and oxygen atoms in total. The van der Waals surface area contributed by atoms with Crippen LogP contribution in [0.15, 0.2) is 292 Å². The number of anilines is 9. The third kappa shape index (κ3) is 25.1. The lowest BCUT2D eigenvalue weighted by Gasteiger charge is -2.31. The number of piperidine rings is 1. The summed E-state index contributed by atoms with van der Waals surface area (Å²) in [6, 6.07) is 53.4. The molecule has 0 bridgehead atoms. The lowest BCUT2D eigenvalue weighted by atomic mass is 9.79. The third-order valence-corrected chi connectivity index (χ3v) is 27.4. The number of hydrogen-bond acceptors (Lipinski definition) is 32. The standard InChI is InChI=1S/C21H14ClN7O.C17H18ClN5.C16H16ClN5.C16H23N3.C14H13N3.2C13H11ClN4/c22-16-12-15(5-6-17(16)30-21-26-10-3-11-27-21)29(20-24-8-2-9-25-20)19-18-14(13-28-19)4-1-7-23-18;18-14-9-13(11-21-17(14)23-7-2-1-3-8-23)22-16-15-12(10-20-16)5-4-6-19-15;17-13-8-12(10-20-16(13)22-6-1-2-7-22)21-15-14-11(9-19-15)4-3-5-18-14;1-11(2)12-5-7-14(8-6-12)19-16-15-13(10-18-16)4-3-9-17-15;1-10-4-2-6-12(8-10)17-14-13-11(9-16-14)5-3-7-15-13;1-8-2-3-10(4-11(8)14)18-13-12-9(6-16-13)5-15-7-17-12;1-8-2-3-9(6-10(8)14)18-13-12-11(7-17-13)15-4-5-16-12/h1-12H,13H2;4-6,9,11H,1-3,7-8,10H2,(H,20,22);3-5,8,10H,1-2,6-7,9H2,(H,19,21);3-4,9,11-12,14H,5-8,10H2,1-2H3,(H,18,19);2-8H,9H2,1H3,(H,16,17);2-5,7H,6H2,1H3,(H,16,18);2-6H,7H2,1H3,(H,17,18). The Labute approximate surface area is 877 Å². The summed E-state index contributed by atoms with van der Waals surface area (Å²) in [6.07, 6.45) is 37.2. The molecule has 1 aliphatic carbocycles. The second-order valence-corrected chi connectivity index (χ2v) is 38.3. The molecule has 0 atom stereocenters. The van der Waals surface area contributed by atoms with Crippen molar-refractivity contribution >= 4 is 151 Å². The van der Waals surface area contributed by atoms with Crippen molar-refractivity contribution in [3.63, 3.8) is 0 Å². The average Bonchev–Trinajstić information content (AvgIpc) is 1.67. The maximum Gasteiger partial charge on any atom is 0.321 e. The van der Waals surface area contributed by atoms with E-state index in [0.29, 0.717) is 71.4 Å². The number of rotatable bonds is 13. The van der Waals surface area contributed by atoms with Crippen molar-refractivity contribution in [1.29, 1.82) is 0 Å². The van der Waals surface area contributed by atoms with Gasteiger partial charge in [0.2, 0.25) is 5.95 Å². The minimum atomic E-state index is 0.216. The topological polar surface area (TPSA) is 371 Å². The Morgan fingerprint density at radius 3 is 1.28 bits per heavy atom. The van der Waals surface area contributed by atoms with Crippen LogP contribution in [0.2, 0.25) is 25.1 Å². The van der Waals surface area contributed by atoms with Crippen LogP contribution in [-0.4, -0.2) is 148 Å². The van der Waals surface area contributed by atoms with Crippen LogP contribution < -0.4 is 51.3 Å². The van der Waals surface area contributed by atoms with E-state index < -0.39 is 0 Å². The normalized spacial score (nSPS) is 15.7. The SMILES string of the molecule is CC(C)C1CCC(NC2=NCc3cccnc32)CC1.Cc1ccc(NC2=NCc3cncnc32)cc1Cl.Cc1ccc(NC2=NCc3nccnc32)cc1Cl.Cc1cccc(NC2=NCc3cccnc32)c1.Clc1cc(N(C2=NCc3cccnc32)c2ncccn2)ccc1Oc1ncccn1.Clc1cc(NC2=NCc3cccnc32)cnc1N1CCCC1.Clc1cc(NC2=NCc3cccnc32)cnc1N1CCCCC1. The Morgan fingerprint density at radius 1 is 0.340 bits per heavy atom. The molecule has 6 N–H and O–H groups in total. The van der Waals surface area contributed by atoms with Crippen molar-refractivity contribution in [2.45, 2.75) is 144 Å². The van der Waals surface area contributed by atoms with Crippen LogP contribution in [0.4, 0.5) is 51.7 Å². The molecule has 3 fully saturated rings. The summed E-state index contributed by atoms with van der Waals surface area (Å²) in [4.78, 5) is 103. The average molecular weight is 2060 g/mol. The number of nitrogens with zero attached hydrogens (tertiary/aromatic N) is 25. The molecule has 147 heavy (non-hydrogen) atoms. The zero-order valence-corrected chi connectivity index (χ0v) is 85.4. The predicted octanol–water partition coefficient (Wildman–Crippen LogP) is 22.3. The largest absolute Gasteiger partial charge is 0.423 e. The number of aliphatic imine (C=N–C) groups is 7. The van der Waals surface area contributed by atoms with E-state index >= 15 is 0 Å². The monoisotopic (exact) mass is 2050 g/mol. The molecule has 0 amide bonds. The van der Waals surface area contributed by atoms with Gasteiger partial charge in [-0.3, -0.25) is 69.8 Å². The first-order chi connectivity index (χ1) is 72.0. The van der Waals surface area contributed by atoms with E-state index in [1.54, 1.807) is 92.4 Å². The van der Waals surface area contributed by atoms with Gasteiger partial charge in [-0.05, 0) is 216 Å². The van der Waals surface area contributed by atoms with Gasteiger partial charge in [-0.25, -0.2) is 44.9 Å². The molecule has 37 heteroatoms. The van der Waals surface area contributed by atoms with E-state index in [0.717, 1.165) is 221 Å². The summed E-state index contributed by atoms with van der Waals surface area (Å²) >= 11 is 31.5. The number of benzene rings is 4. The number of aromatic nitrogens is 15. The van der Waals surface area contributed by atoms with Crippen LogP contribution in [0.25, 0.3) is 0 Å². The van der Waals surface area contributed by atoms with Gasteiger partial charge >= 0.3 is 6.01 Å². The molecule has 0 unspecified atom stereocenters. The molecule has 10 aliphatic rings. The molecular formula is C110H106Cl5N31O. The van der Waals surface area contributed by atoms with Crippen LogP contribution in [-0.2, 0) is 45.8 Å². The van der Waals surface area contributed by atoms with Gasteiger partial charge in [0.15, 0.2) is 35.0 Å². The van der Waals surface area contributed by atoms with Gasteiger partial charge in [0.1, 0.15) is 69.4 Å². The van der Waals surface area contributed by atoms with Gasteiger partial charge in [-0.1, -0.05) is 126 Å². The number of ether oxygens (including phenoxy) is 1. The molecule has 742 valence electrons. The summed E-state index contributed by atoms with van der Waals surface area (Å²) in [6.45, 7) is 19.4. The predicted molar refractivity (Wildman–Crippen MR) is 586 cm³/mol. The molecule has 4 aromatic carbocycles. The number of nitrogens with one attached hydrogen (secondary N) is 6. The van der Waals surface area contributed by atoms with Gasteiger partial charge in [0.25, 0.3) is 0 Å². The fraction of sp³-hybridized carbons (Fsp3) is 0.255. The maximum absolute atomic E-state index is 6.51. The fourth-order valence-corrected chi connectivity index (χ4v) is 19.1. The van der Waals surface area contributed by atoms with Crippen LogP contribution >= 0.6 is 58.0 Å². The quantitative estimate of drug-likeness (QED) is 0.0624. The maximum atomic E-state index is 6.51. The molecular weight excluding hydrogens is 1950 g/mol. The molecule has 20 heterocycles. The fourth-order valence-electron chi connectivity index (χ4n) is 18.0. The first-order valence-electron chi connectivity index (χ1n) is 48.9. The molecule has 25 rings (SSSR count).